The maximum atomic E-state index is 11.6. The van der Waals surface area contributed by atoms with E-state index in [0.29, 0.717) is 5.69 Å². The molecule has 19 heavy (non-hydrogen) atoms. The highest BCUT2D eigenvalue weighted by atomic mass is 79.9. The van der Waals surface area contributed by atoms with Crippen LogP contribution in [0.5, 0.6) is 0 Å². The number of rotatable bonds is 3. The van der Waals surface area contributed by atoms with Crippen molar-refractivity contribution in [1.29, 1.82) is 0 Å². The van der Waals surface area contributed by atoms with Crippen molar-refractivity contribution in [2.24, 2.45) is 0 Å². The van der Waals surface area contributed by atoms with Crippen molar-refractivity contribution >= 4 is 43.6 Å². The van der Waals surface area contributed by atoms with Gasteiger partial charge in [0, 0.05) is 14.6 Å². The largest absolute Gasteiger partial charge is 0.444 e. The van der Waals surface area contributed by atoms with Gasteiger partial charge in [0.1, 0.15) is 6.61 Å². The second kappa shape index (κ2) is 6.73. The van der Waals surface area contributed by atoms with Gasteiger partial charge in [0.15, 0.2) is 0 Å². The molecule has 5 heteroatoms. The molecule has 0 aliphatic carbocycles. The number of carbonyl (C=O) groups is 1. The average Bonchev–Trinajstić information content (AvgIpc) is 2.36. The van der Waals surface area contributed by atoms with Gasteiger partial charge in [-0.2, -0.15) is 0 Å². The molecule has 2 aromatic rings. The van der Waals surface area contributed by atoms with Crippen molar-refractivity contribution in [2.75, 3.05) is 5.32 Å². The molecule has 2 aromatic carbocycles. The Kier molecular flexibility index (Phi) is 4.99. The van der Waals surface area contributed by atoms with Gasteiger partial charge in [-0.1, -0.05) is 62.2 Å². The Hall–Kier alpha value is -1.33. The Morgan fingerprint density at radius 2 is 1.68 bits per heavy atom. The van der Waals surface area contributed by atoms with Crippen molar-refractivity contribution in [3.8, 4) is 0 Å². The zero-order chi connectivity index (χ0) is 13.7. The Balaban J connectivity index is 1.91. The Morgan fingerprint density at radius 3 is 2.32 bits per heavy atom. The maximum absolute atomic E-state index is 11.6. The summed E-state index contributed by atoms with van der Waals surface area (Å²) in [4.78, 5) is 11.6. The lowest BCUT2D eigenvalue weighted by Gasteiger charge is -2.08. The van der Waals surface area contributed by atoms with Gasteiger partial charge in [0.25, 0.3) is 0 Å². The predicted octanol–water partition coefficient (Wildman–Crippen LogP) is 4.96. The molecule has 0 fully saturated rings. The number of ether oxygens (including phenoxy) is 1. The molecule has 0 atom stereocenters. The number of hydrogen-bond acceptors (Lipinski definition) is 2. The van der Waals surface area contributed by atoms with Gasteiger partial charge >= 0.3 is 6.09 Å². The molecule has 0 spiro atoms. The zero-order valence-electron chi connectivity index (χ0n) is 9.90. The minimum absolute atomic E-state index is 0.252. The lowest BCUT2D eigenvalue weighted by Crippen LogP contribution is -2.13. The van der Waals surface area contributed by atoms with Crippen molar-refractivity contribution in [2.45, 2.75) is 6.61 Å². The molecule has 98 valence electrons. The van der Waals surface area contributed by atoms with Gasteiger partial charge in [0.05, 0.1) is 0 Å². The van der Waals surface area contributed by atoms with Gasteiger partial charge in [-0.3, -0.25) is 5.32 Å². The highest BCUT2D eigenvalue weighted by Gasteiger charge is 2.05. The average molecular weight is 385 g/mol. The third-order valence-corrected chi connectivity index (χ3v) is 3.24. The van der Waals surface area contributed by atoms with Crippen LogP contribution in [-0.4, -0.2) is 6.09 Å². The van der Waals surface area contributed by atoms with Gasteiger partial charge < -0.3 is 4.74 Å². The van der Waals surface area contributed by atoms with E-state index in [0.717, 1.165) is 14.5 Å². The van der Waals surface area contributed by atoms with E-state index in [-0.39, 0.29) is 6.61 Å². The molecule has 0 radical (unpaired) electrons. The molecule has 0 aromatic heterocycles. The van der Waals surface area contributed by atoms with E-state index >= 15 is 0 Å². The number of anilines is 1. The van der Waals surface area contributed by atoms with E-state index in [2.05, 4.69) is 37.2 Å². The highest BCUT2D eigenvalue weighted by Crippen LogP contribution is 2.23. The molecule has 2 rings (SSSR count). The molecular weight excluding hydrogens is 374 g/mol. The molecule has 0 unspecified atom stereocenters. The van der Waals surface area contributed by atoms with Gasteiger partial charge in [0.2, 0.25) is 0 Å². The van der Waals surface area contributed by atoms with Crippen LogP contribution in [0.25, 0.3) is 0 Å². The smallest absolute Gasteiger partial charge is 0.411 e. The number of hydrogen-bond donors (Lipinski definition) is 1. The summed E-state index contributed by atoms with van der Waals surface area (Å²) in [6.07, 6.45) is -0.478. The summed E-state index contributed by atoms with van der Waals surface area (Å²) in [5.41, 5.74) is 1.62. The summed E-state index contributed by atoms with van der Waals surface area (Å²) in [5, 5.41) is 2.67. The van der Waals surface area contributed by atoms with Gasteiger partial charge in [-0.05, 0) is 23.8 Å². The van der Waals surface area contributed by atoms with Crippen molar-refractivity contribution in [3.05, 3.63) is 63.0 Å². The molecule has 1 amide bonds. The minimum Gasteiger partial charge on any atom is -0.444 e. The summed E-state index contributed by atoms with van der Waals surface area (Å²) >= 11 is 6.71. The summed E-state index contributed by atoms with van der Waals surface area (Å²) in [6, 6.07) is 15.0. The van der Waals surface area contributed by atoms with Crippen LogP contribution in [0.3, 0.4) is 0 Å². The van der Waals surface area contributed by atoms with Crippen LogP contribution in [0.15, 0.2) is 57.5 Å². The summed E-state index contributed by atoms with van der Waals surface area (Å²) in [7, 11) is 0. The molecule has 3 nitrogen and oxygen atoms in total. The lowest BCUT2D eigenvalue weighted by atomic mass is 10.2. The van der Waals surface area contributed by atoms with Gasteiger partial charge in [-0.15, -0.1) is 0 Å². The highest BCUT2D eigenvalue weighted by molar-refractivity contribution is 9.11. The van der Waals surface area contributed by atoms with Crippen molar-refractivity contribution in [3.63, 3.8) is 0 Å². The first-order valence-electron chi connectivity index (χ1n) is 5.57. The first-order chi connectivity index (χ1) is 9.13. The quantitative estimate of drug-likeness (QED) is 0.811. The summed E-state index contributed by atoms with van der Waals surface area (Å²) in [6.45, 7) is 0.252. The van der Waals surface area contributed by atoms with Crippen LogP contribution in [0.1, 0.15) is 5.56 Å². The lowest BCUT2D eigenvalue weighted by molar-refractivity contribution is 0.155. The van der Waals surface area contributed by atoms with Crippen LogP contribution in [0.4, 0.5) is 10.5 Å². The minimum atomic E-state index is -0.478. The Bertz CT molecular complexity index is 553. The second-order valence-corrected chi connectivity index (χ2v) is 5.68. The predicted molar refractivity (Wildman–Crippen MR) is 82.1 cm³/mol. The van der Waals surface area contributed by atoms with E-state index in [9.17, 15) is 4.79 Å². The van der Waals surface area contributed by atoms with Crippen LogP contribution < -0.4 is 5.32 Å². The van der Waals surface area contributed by atoms with Crippen LogP contribution >= 0.6 is 31.9 Å². The van der Waals surface area contributed by atoms with Crippen molar-refractivity contribution < 1.29 is 9.53 Å². The number of amides is 1. The first-order valence-corrected chi connectivity index (χ1v) is 7.16. The molecular formula is C14H11Br2NO2. The molecule has 0 aliphatic rings. The van der Waals surface area contributed by atoms with Gasteiger partial charge in [-0.25, -0.2) is 4.79 Å². The third kappa shape index (κ3) is 4.69. The normalized spacial score (nSPS) is 10.0. The fourth-order valence-corrected chi connectivity index (χ4v) is 2.80. The van der Waals surface area contributed by atoms with Crippen LogP contribution in [-0.2, 0) is 11.3 Å². The van der Waals surface area contributed by atoms with E-state index in [1.165, 1.54) is 0 Å². The standard InChI is InChI=1S/C14H11Br2NO2/c15-11-6-12(16)8-13(7-11)17-14(18)19-9-10-4-2-1-3-5-10/h1-8H,9H2,(H,17,18). The molecule has 0 heterocycles. The van der Waals surface area contributed by atoms with Crippen LogP contribution in [0.2, 0.25) is 0 Å². The fraction of sp³-hybridized carbons (Fsp3) is 0.0714. The first kappa shape index (κ1) is 14.1. The maximum Gasteiger partial charge on any atom is 0.411 e. The summed E-state index contributed by atoms with van der Waals surface area (Å²) < 4.78 is 6.88. The summed E-state index contributed by atoms with van der Waals surface area (Å²) in [5.74, 6) is 0. The Morgan fingerprint density at radius 1 is 1.05 bits per heavy atom. The Labute approximate surface area is 128 Å². The SMILES string of the molecule is O=C(Nc1cc(Br)cc(Br)c1)OCc1ccccc1. The third-order valence-electron chi connectivity index (χ3n) is 2.32. The van der Waals surface area contributed by atoms with E-state index < -0.39 is 6.09 Å². The monoisotopic (exact) mass is 383 g/mol. The molecule has 0 aliphatic heterocycles. The second-order valence-electron chi connectivity index (χ2n) is 3.84. The number of nitrogens with one attached hydrogen (secondary N) is 1. The van der Waals surface area contributed by atoms with E-state index in [4.69, 9.17) is 4.74 Å². The van der Waals surface area contributed by atoms with E-state index in [1.54, 1.807) is 12.1 Å². The molecule has 0 bridgehead atoms. The molecule has 1 N–H and O–H groups in total. The topological polar surface area (TPSA) is 38.3 Å². The van der Waals surface area contributed by atoms with E-state index in [1.807, 2.05) is 36.4 Å². The van der Waals surface area contributed by atoms with Crippen molar-refractivity contribution in [1.82, 2.24) is 0 Å². The number of halogens is 2. The molecule has 0 saturated heterocycles. The zero-order valence-corrected chi connectivity index (χ0v) is 13.1. The number of carbonyl (C=O) groups excluding carboxylic acids is 1. The molecule has 0 saturated carbocycles. The number of benzene rings is 2. The van der Waals surface area contributed by atoms with Crippen LogP contribution in [0, 0.1) is 0 Å². The fourth-order valence-electron chi connectivity index (χ4n) is 1.50.